The maximum Gasteiger partial charge on any atom is 0.137 e. The highest BCUT2D eigenvalue weighted by molar-refractivity contribution is 5.59. The Balaban J connectivity index is 1.42. The van der Waals surface area contributed by atoms with E-state index in [4.69, 9.17) is 0 Å². The molecule has 0 radical (unpaired) electrons. The minimum atomic E-state index is 0.848. The molecule has 1 fully saturated rings. The molecular weight excluding hydrogens is 312 g/mol. The number of fused-ring (bicyclic) bond motifs is 1. The van der Waals surface area contributed by atoms with Crippen LogP contribution in [0.5, 0.6) is 0 Å². The molecule has 1 aliphatic carbocycles. The van der Waals surface area contributed by atoms with Crippen LogP contribution in [0.2, 0.25) is 0 Å². The number of nitrogens with one attached hydrogen (secondary N) is 1. The molecule has 1 N–H and O–H groups in total. The third-order valence-electron chi connectivity index (χ3n) is 5.28. The van der Waals surface area contributed by atoms with Crippen molar-refractivity contribution in [1.29, 1.82) is 0 Å². The molecule has 0 bridgehead atoms. The van der Waals surface area contributed by atoms with Gasteiger partial charge >= 0.3 is 0 Å². The number of aryl methyl sites for hydroxylation is 2. The second-order valence-electron chi connectivity index (χ2n) is 7.27. The van der Waals surface area contributed by atoms with Gasteiger partial charge in [0.2, 0.25) is 0 Å². The SMILES string of the molecule is Cc1nc2c(c(Nc3cnn(CCN4CCCCC4)c3)n1)CCCC2. The quantitative estimate of drug-likeness (QED) is 0.906. The van der Waals surface area contributed by atoms with Crippen molar-refractivity contribution in [2.45, 2.75) is 58.4 Å². The first kappa shape index (κ1) is 16.5. The number of rotatable bonds is 5. The Kier molecular flexibility index (Phi) is 4.97. The largest absolute Gasteiger partial charge is 0.337 e. The first-order valence-corrected chi connectivity index (χ1v) is 9.66. The molecule has 2 aromatic heterocycles. The average molecular weight is 340 g/mol. The lowest BCUT2D eigenvalue weighted by molar-refractivity contribution is 0.218. The van der Waals surface area contributed by atoms with E-state index < -0.39 is 0 Å². The lowest BCUT2D eigenvalue weighted by Gasteiger charge is -2.26. The second-order valence-corrected chi connectivity index (χ2v) is 7.27. The van der Waals surface area contributed by atoms with Crippen molar-refractivity contribution in [3.8, 4) is 0 Å². The molecule has 0 spiro atoms. The number of hydrogen-bond acceptors (Lipinski definition) is 5. The van der Waals surface area contributed by atoms with Crippen LogP contribution in [0.1, 0.15) is 49.2 Å². The summed E-state index contributed by atoms with van der Waals surface area (Å²) in [5.74, 6) is 1.82. The molecule has 3 heterocycles. The van der Waals surface area contributed by atoms with Crippen molar-refractivity contribution in [1.82, 2.24) is 24.6 Å². The van der Waals surface area contributed by atoms with Gasteiger partial charge in [0.15, 0.2) is 0 Å². The fourth-order valence-electron chi connectivity index (χ4n) is 3.93. The summed E-state index contributed by atoms with van der Waals surface area (Å²) in [6.45, 7) is 6.48. The molecule has 0 atom stereocenters. The van der Waals surface area contributed by atoms with E-state index in [9.17, 15) is 0 Å². The average Bonchev–Trinajstić information content (AvgIpc) is 3.08. The monoisotopic (exact) mass is 340 g/mol. The third-order valence-corrected chi connectivity index (χ3v) is 5.28. The van der Waals surface area contributed by atoms with Gasteiger partial charge in [-0.25, -0.2) is 9.97 Å². The smallest absolute Gasteiger partial charge is 0.137 e. The Morgan fingerprint density at radius 1 is 1.00 bits per heavy atom. The molecule has 0 amide bonds. The van der Waals surface area contributed by atoms with Gasteiger partial charge in [0.05, 0.1) is 18.4 Å². The van der Waals surface area contributed by atoms with E-state index in [0.717, 1.165) is 43.3 Å². The standard InChI is InChI=1S/C19H28N6/c1-15-21-18-8-4-3-7-17(18)19(22-15)23-16-13-20-25(14-16)12-11-24-9-5-2-6-10-24/h13-14H,2-12H2,1H3,(H,21,22,23). The molecular formula is C19H28N6. The Morgan fingerprint density at radius 2 is 1.84 bits per heavy atom. The van der Waals surface area contributed by atoms with Gasteiger partial charge in [-0.2, -0.15) is 5.10 Å². The zero-order chi connectivity index (χ0) is 17.1. The van der Waals surface area contributed by atoms with E-state index in [-0.39, 0.29) is 0 Å². The first-order chi connectivity index (χ1) is 12.3. The summed E-state index contributed by atoms with van der Waals surface area (Å²) < 4.78 is 2.04. The van der Waals surface area contributed by atoms with E-state index in [1.54, 1.807) is 0 Å². The van der Waals surface area contributed by atoms with Crippen molar-refractivity contribution in [2.75, 3.05) is 25.0 Å². The van der Waals surface area contributed by atoms with Crippen LogP contribution in [-0.2, 0) is 19.4 Å². The Labute approximate surface area is 149 Å². The zero-order valence-electron chi connectivity index (χ0n) is 15.2. The Hall–Kier alpha value is -1.95. The number of piperidine rings is 1. The number of aromatic nitrogens is 4. The molecule has 25 heavy (non-hydrogen) atoms. The summed E-state index contributed by atoms with van der Waals surface area (Å²) in [6, 6.07) is 0. The van der Waals surface area contributed by atoms with E-state index in [2.05, 4.69) is 31.5 Å². The van der Waals surface area contributed by atoms with Gasteiger partial charge in [-0.05, 0) is 58.5 Å². The summed E-state index contributed by atoms with van der Waals surface area (Å²) in [5.41, 5.74) is 3.53. The Morgan fingerprint density at radius 3 is 2.72 bits per heavy atom. The number of hydrogen-bond donors (Lipinski definition) is 1. The van der Waals surface area contributed by atoms with Crippen LogP contribution in [0.3, 0.4) is 0 Å². The molecule has 2 aliphatic rings. The minimum absolute atomic E-state index is 0.848. The van der Waals surface area contributed by atoms with Gasteiger partial charge in [0.25, 0.3) is 0 Å². The van der Waals surface area contributed by atoms with Crippen molar-refractivity contribution in [2.24, 2.45) is 0 Å². The predicted molar refractivity (Wildman–Crippen MR) is 99.2 cm³/mol. The summed E-state index contributed by atoms with van der Waals surface area (Å²) in [7, 11) is 0. The lowest BCUT2D eigenvalue weighted by Crippen LogP contribution is -2.32. The summed E-state index contributed by atoms with van der Waals surface area (Å²) >= 11 is 0. The summed E-state index contributed by atoms with van der Waals surface area (Å²) in [6.07, 6.45) is 12.7. The van der Waals surface area contributed by atoms with Gasteiger partial charge in [-0.1, -0.05) is 6.42 Å². The lowest BCUT2D eigenvalue weighted by atomic mass is 9.96. The highest BCUT2D eigenvalue weighted by atomic mass is 15.3. The highest BCUT2D eigenvalue weighted by Gasteiger charge is 2.17. The van der Waals surface area contributed by atoms with Gasteiger partial charge in [0, 0.05) is 24.0 Å². The normalized spacial score (nSPS) is 18.1. The number of nitrogens with zero attached hydrogens (tertiary/aromatic N) is 5. The highest BCUT2D eigenvalue weighted by Crippen LogP contribution is 2.27. The van der Waals surface area contributed by atoms with Crippen molar-refractivity contribution in [3.63, 3.8) is 0 Å². The molecule has 0 saturated carbocycles. The molecule has 4 rings (SSSR count). The van der Waals surface area contributed by atoms with Crippen LogP contribution in [0.4, 0.5) is 11.5 Å². The molecule has 0 unspecified atom stereocenters. The molecule has 6 heteroatoms. The summed E-state index contributed by atoms with van der Waals surface area (Å²) in [4.78, 5) is 11.8. The minimum Gasteiger partial charge on any atom is -0.337 e. The van der Waals surface area contributed by atoms with Gasteiger partial charge < -0.3 is 10.2 Å². The predicted octanol–water partition coefficient (Wildman–Crippen LogP) is 3.09. The molecule has 0 aromatic carbocycles. The van der Waals surface area contributed by atoms with Crippen LogP contribution < -0.4 is 5.32 Å². The maximum atomic E-state index is 4.64. The maximum absolute atomic E-state index is 4.64. The van der Waals surface area contributed by atoms with E-state index in [1.807, 2.05) is 17.8 Å². The van der Waals surface area contributed by atoms with Crippen molar-refractivity contribution in [3.05, 3.63) is 29.5 Å². The van der Waals surface area contributed by atoms with Crippen LogP contribution >= 0.6 is 0 Å². The van der Waals surface area contributed by atoms with Crippen molar-refractivity contribution < 1.29 is 0 Å². The molecule has 2 aromatic rings. The van der Waals surface area contributed by atoms with E-state index >= 15 is 0 Å². The topological polar surface area (TPSA) is 58.9 Å². The van der Waals surface area contributed by atoms with E-state index in [1.165, 1.54) is 56.5 Å². The molecule has 1 aliphatic heterocycles. The fourth-order valence-corrected chi connectivity index (χ4v) is 3.93. The summed E-state index contributed by atoms with van der Waals surface area (Å²) in [5, 5.41) is 8.00. The zero-order valence-corrected chi connectivity index (χ0v) is 15.2. The Bertz CT molecular complexity index is 717. The van der Waals surface area contributed by atoms with E-state index in [0.29, 0.717) is 0 Å². The second kappa shape index (κ2) is 7.52. The van der Waals surface area contributed by atoms with Crippen LogP contribution in [0.25, 0.3) is 0 Å². The molecule has 6 nitrogen and oxygen atoms in total. The number of anilines is 2. The van der Waals surface area contributed by atoms with Crippen LogP contribution in [0.15, 0.2) is 12.4 Å². The van der Waals surface area contributed by atoms with Crippen LogP contribution in [-0.4, -0.2) is 44.3 Å². The molecule has 1 saturated heterocycles. The van der Waals surface area contributed by atoms with Crippen molar-refractivity contribution >= 4 is 11.5 Å². The van der Waals surface area contributed by atoms with Gasteiger partial charge in [-0.15, -0.1) is 0 Å². The number of likely N-dealkylation sites (tertiary alicyclic amines) is 1. The first-order valence-electron chi connectivity index (χ1n) is 9.66. The van der Waals surface area contributed by atoms with Gasteiger partial charge in [-0.3, -0.25) is 4.68 Å². The fraction of sp³-hybridized carbons (Fsp3) is 0.632. The third kappa shape index (κ3) is 4.00. The van der Waals surface area contributed by atoms with Crippen LogP contribution in [0, 0.1) is 6.92 Å². The van der Waals surface area contributed by atoms with Gasteiger partial charge in [0.1, 0.15) is 11.6 Å². The molecule has 134 valence electrons.